The lowest BCUT2D eigenvalue weighted by molar-refractivity contribution is -0.143. The standard InChI is InChI=1S/C14H7F6N3S/c15-13(16,17)8-1-7(2-9(3-8)14(18,19)20)10-5-24-6-11(10)12-4-21-23-22-12/h1-6H,(H,21,22,23). The smallest absolute Gasteiger partial charge is 0.265 e. The van der Waals surface area contributed by atoms with Gasteiger partial charge in [-0.05, 0) is 29.1 Å². The number of rotatable bonds is 2. The molecule has 3 aromatic rings. The van der Waals surface area contributed by atoms with Crippen LogP contribution in [0.3, 0.4) is 0 Å². The summed E-state index contributed by atoms with van der Waals surface area (Å²) in [5.41, 5.74) is -1.94. The largest absolute Gasteiger partial charge is 0.416 e. The van der Waals surface area contributed by atoms with Crippen molar-refractivity contribution >= 4 is 11.3 Å². The molecule has 0 radical (unpaired) electrons. The van der Waals surface area contributed by atoms with E-state index in [0.29, 0.717) is 23.4 Å². The Balaban J connectivity index is 2.20. The van der Waals surface area contributed by atoms with Gasteiger partial charge in [-0.1, -0.05) is 5.21 Å². The van der Waals surface area contributed by atoms with E-state index in [1.807, 2.05) is 0 Å². The zero-order valence-electron chi connectivity index (χ0n) is 11.5. The number of aromatic nitrogens is 3. The Bertz CT molecular complexity index is 816. The fourth-order valence-electron chi connectivity index (χ4n) is 2.16. The van der Waals surface area contributed by atoms with Crippen molar-refractivity contribution in [1.29, 1.82) is 0 Å². The second-order valence-electron chi connectivity index (χ2n) is 4.85. The molecule has 0 aliphatic rings. The Morgan fingerprint density at radius 3 is 1.92 bits per heavy atom. The summed E-state index contributed by atoms with van der Waals surface area (Å²) in [6, 6.07) is 1.49. The topological polar surface area (TPSA) is 41.6 Å². The van der Waals surface area contributed by atoms with Gasteiger partial charge in [-0.3, -0.25) is 5.10 Å². The second-order valence-corrected chi connectivity index (χ2v) is 5.60. The third-order valence-corrected chi connectivity index (χ3v) is 4.00. The van der Waals surface area contributed by atoms with Crippen LogP contribution in [0.5, 0.6) is 0 Å². The minimum absolute atomic E-state index is 0.103. The molecule has 1 aromatic carbocycles. The van der Waals surface area contributed by atoms with Crippen molar-refractivity contribution < 1.29 is 26.3 Å². The highest BCUT2D eigenvalue weighted by molar-refractivity contribution is 7.08. The summed E-state index contributed by atoms with van der Waals surface area (Å²) in [7, 11) is 0. The fraction of sp³-hybridized carbons (Fsp3) is 0.143. The van der Waals surface area contributed by atoms with Crippen LogP contribution in [0.2, 0.25) is 0 Å². The first-order chi connectivity index (χ1) is 11.2. The highest BCUT2D eigenvalue weighted by Gasteiger charge is 2.37. The highest BCUT2D eigenvalue weighted by atomic mass is 32.1. The van der Waals surface area contributed by atoms with Crippen LogP contribution >= 0.6 is 11.3 Å². The van der Waals surface area contributed by atoms with Gasteiger partial charge in [0.25, 0.3) is 0 Å². The SMILES string of the molecule is FC(F)(F)c1cc(-c2cscc2-c2c[nH]nn2)cc(C(F)(F)F)c1. The van der Waals surface area contributed by atoms with Gasteiger partial charge < -0.3 is 0 Å². The molecule has 2 aromatic heterocycles. The molecule has 3 rings (SSSR count). The molecule has 10 heteroatoms. The quantitative estimate of drug-likeness (QED) is 0.633. The first kappa shape index (κ1) is 16.5. The van der Waals surface area contributed by atoms with Gasteiger partial charge in [-0.15, -0.1) is 5.10 Å². The Kier molecular flexibility index (Phi) is 3.86. The van der Waals surface area contributed by atoms with Crippen molar-refractivity contribution in [3.63, 3.8) is 0 Å². The Morgan fingerprint density at radius 2 is 1.42 bits per heavy atom. The molecule has 1 N–H and O–H groups in total. The third-order valence-electron chi connectivity index (χ3n) is 3.25. The zero-order valence-corrected chi connectivity index (χ0v) is 12.4. The summed E-state index contributed by atoms with van der Waals surface area (Å²) < 4.78 is 77.8. The van der Waals surface area contributed by atoms with Gasteiger partial charge >= 0.3 is 12.4 Å². The molecule has 2 heterocycles. The first-order valence-corrected chi connectivity index (χ1v) is 7.33. The van der Waals surface area contributed by atoms with Crippen molar-refractivity contribution in [2.75, 3.05) is 0 Å². The molecule has 0 spiro atoms. The van der Waals surface area contributed by atoms with E-state index < -0.39 is 23.5 Å². The maximum atomic E-state index is 13.0. The first-order valence-electron chi connectivity index (χ1n) is 6.39. The summed E-state index contributed by atoms with van der Waals surface area (Å²) in [5.74, 6) is 0. The average Bonchev–Trinajstić information content (AvgIpc) is 3.15. The Labute approximate surface area is 134 Å². The lowest BCUT2D eigenvalue weighted by Crippen LogP contribution is -2.11. The predicted molar refractivity (Wildman–Crippen MR) is 75.1 cm³/mol. The molecule has 0 unspecified atom stereocenters. The van der Waals surface area contributed by atoms with E-state index in [4.69, 9.17) is 0 Å². The Hall–Kier alpha value is -2.36. The van der Waals surface area contributed by atoms with E-state index in [1.165, 1.54) is 11.6 Å². The third kappa shape index (κ3) is 3.14. The molecule has 0 aliphatic heterocycles. The average molecular weight is 363 g/mol. The zero-order chi connectivity index (χ0) is 17.5. The van der Waals surface area contributed by atoms with Crippen LogP contribution in [0, 0.1) is 0 Å². The summed E-state index contributed by atoms with van der Waals surface area (Å²) in [6.07, 6.45) is -8.37. The van der Waals surface area contributed by atoms with Crippen molar-refractivity contribution in [3.8, 4) is 22.4 Å². The van der Waals surface area contributed by atoms with Gasteiger partial charge in [-0.25, -0.2) is 0 Å². The van der Waals surface area contributed by atoms with Crippen molar-refractivity contribution in [1.82, 2.24) is 15.4 Å². The fourth-order valence-corrected chi connectivity index (χ4v) is 3.01. The maximum Gasteiger partial charge on any atom is 0.416 e. The number of H-pyrrole nitrogens is 1. The molecule has 24 heavy (non-hydrogen) atoms. The minimum Gasteiger partial charge on any atom is -0.265 e. The lowest BCUT2D eigenvalue weighted by atomic mass is 9.97. The number of hydrogen-bond donors (Lipinski definition) is 1. The molecule has 0 bridgehead atoms. The van der Waals surface area contributed by atoms with E-state index in [9.17, 15) is 26.3 Å². The van der Waals surface area contributed by atoms with Gasteiger partial charge in [0.1, 0.15) is 5.69 Å². The maximum absolute atomic E-state index is 13.0. The monoisotopic (exact) mass is 363 g/mol. The van der Waals surface area contributed by atoms with Crippen LogP contribution in [-0.2, 0) is 12.4 Å². The van der Waals surface area contributed by atoms with Crippen molar-refractivity contribution in [3.05, 3.63) is 46.3 Å². The molecule has 0 atom stereocenters. The summed E-state index contributed by atoms with van der Waals surface area (Å²) >= 11 is 1.14. The molecule has 0 fully saturated rings. The van der Waals surface area contributed by atoms with Crippen LogP contribution in [0.4, 0.5) is 26.3 Å². The summed E-state index contributed by atoms with van der Waals surface area (Å²) in [6.45, 7) is 0. The number of nitrogens with one attached hydrogen (secondary N) is 1. The van der Waals surface area contributed by atoms with Crippen molar-refractivity contribution in [2.45, 2.75) is 12.4 Å². The highest BCUT2D eigenvalue weighted by Crippen LogP contribution is 2.41. The van der Waals surface area contributed by atoms with E-state index in [1.54, 1.807) is 5.38 Å². The van der Waals surface area contributed by atoms with E-state index in [-0.39, 0.29) is 17.2 Å². The number of halogens is 6. The number of hydrogen-bond acceptors (Lipinski definition) is 3. The van der Waals surface area contributed by atoms with Crippen LogP contribution < -0.4 is 0 Å². The van der Waals surface area contributed by atoms with Crippen LogP contribution in [0.1, 0.15) is 11.1 Å². The van der Waals surface area contributed by atoms with Gasteiger partial charge in [0, 0.05) is 16.5 Å². The van der Waals surface area contributed by atoms with Crippen LogP contribution in [-0.4, -0.2) is 15.4 Å². The van der Waals surface area contributed by atoms with Gasteiger partial charge in [0.2, 0.25) is 0 Å². The second kappa shape index (κ2) is 5.62. The molecule has 0 aliphatic carbocycles. The molecule has 126 valence electrons. The lowest BCUT2D eigenvalue weighted by Gasteiger charge is -2.14. The molecular weight excluding hydrogens is 356 g/mol. The van der Waals surface area contributed by atoms with Crippen LogP contribution in [0.25, 0.3) is 22.4 Å². The Morgan fingerprint density at radius 1 is 0.833 bits per heavy atom. The molecule has 0 saturated heterocycles. The molecule has 0 saturated carbocycles. The van der Waals surface area contributed by atoms with E-state index in [0.717, 1.165) is 11.3 Å². The molecule has 3 nitrogen and oxygen atoms in total. The number of benzene rings is 1. The van der Waals surface area contributed by atoms with Crippen molar-refractivity contribution in [2.24, 2.45) is 0 Å². The summed E-state index contributed by atoms with van der Waals surface area (Å²) in [4.78, 5) is 0. The van der Waals surface area contributed by atoms with Crippen LogP contribution in [0.15, 0.2) is 35.2 Å². The minimum atomic E-state index is -4.89. The van der Waals surface area contributed by atoms with E-state index in [2.05, 4.69) is 15.4 Å². The molecular formula is C14H7F6N3S. The number of alkyl halides is 6. The van der Waals surface area contributed by atoms with Gasteiger partial charge in [0.05, 0.1) is 17.3 Å². The number of nitrogens with zero attached hydrogens (tertiary/aromatic N) is 2. The van der Waals surface area contributed by atoms with Gasteiger partial charge in [-0.2, -0.15) is 37.7 Å². The summed E-state index contributed by atoms with van der Waals surface area (Å²) in [5, 5.41) is 12.7. The van der Waals surface area contributed by atoms with Gasteiger partial charge in [0.15, 0.2) is 0 Å². The molecule has 0 amide bonds. The number of thiophene rings is 1. The van der Waals surface area contributed by atoms with E-state index >= 15 is 0 Å². The normalized spacial score (nSPS) is 12.6. The predicted octanol–water partition coefficient (Wildman–Crippen LogP) is 5.24. The number of aromatic amines is 1.